The number of carbonyl (C=O) groups is 2. The Kier molecular flexibility index (Phi) is 2.62. The molecule has 2 saturated heterocycles. The molecule has 2 fully saturated rings. The standard InChI is InChI=1S/C17H20O6/c1-15-7-6-8(22-15)9-12(15)17(3)11(14(19)21-5)10(13(18)20-4)16(9,2)23-17/h6-9,12H,1-5H3/t8-,9-,12+,15-,16-,17+/m1/s1. The molecule has 0 N–H and O–H groups in total. The zero-order valence-electron chi connectivity index (χ0n) is 13.8. The maximum atomic E-state index is 12.5. The van der Waals surface area contributed by atoms with Crippen molar-refractivity contribution in [2.24, 2.45) is 11.8 Å². The molecule has 4 bridgehead atoms. The lowest BCUT2D eigenvalue weighted by Crippen LogP contribution is -2.51. The Morgan fingerprint density at radius 1 is 1.04 bits per heavy atom. The minimum atomic E-state index is -0.940. The van der Waals surface area contributed by atoms with Crippen LogP contribution in [0.15, 0.2) is 23.3 Å². The van der Waals surface area contributed by atoms with E-state index in [1.165, 1.54) is 14.2 Å². The second-order valence-electron chi connectivity index (χ2n) is 7.18. The van der Waals surface area contributed by atoms with Gasteiger partial charge < -0.3 is 18.9 Å². The van der Waals surface area contributed by atoms with E-state index in [2.05, 4.69) is 0 Å². The van der Waals surface area contributed by atoms with E-state index in [1.54, 1.807) is 0 Å². The smallest absolute Gasteiger partial charge is 0.337 e. The van der Waals surface area contributed by atoms with Crippen molar-refractivity contribution in [3.63, 3.8) is 0 Å². The maximum absolute atomic E-state index is 12.5. The molecule has 0 amide bonds. The van der Waals surface area contributed by atoms with E-state index >= 15 is 0 Å². The SMILES string of the molecule is COC(=O)C1=C(C(=O)OC)[C@]2(C)O[C@]1(C)[C@@H]1[C@H]3C=C[C@@](C)(O3)[C@H]12. The molecule has 6 nitrogen and oxygen atoms in total. The highest BCUT2D eigenvalue weighted by Gasteiger charge is 2.78. The molecule has 4 rings (SSSR count). The molecule has 4 aliphatic heterocycles. The highest BCUT2D eigenvalue weighted by molar-refractivity contribution is 6.05. The van der Waals surface area contributed by atoms with Gasteiger partial charge in [-0.3, -0.25) is 0 Å². The summed E-state index contributed by atoms with van der Waals surface area (Å²) in [6.07, 6.45) is 3.92. The van der Waals surface area contributed by atoms with E-state index in [9.17, 15) is 9.59 Å². The van der Waals surface area contributed by atoms with Crippen LogP contribution in [0.1, 0.15) is 20.8 Å². The van der Waals surface area contributed by atoms with Crippen molar-refractivity contribution >= 4 is 11.9 Å². The Bertz CT molecular complexity index is 693. The quantitative estimate of drug-likeness (QED) is 0.561. The fourth-order valence-electron chi connectivity index (χ4n) is 5.40. The van der Waals surface area contributed by atoms with Gasteiger partial charge in [0, 0.05) is 11.8 Å². The summed E-state index contributed by atoms with van der Waals surface area (Å²) in [5, 5.41) is 0. The fraction of sp³-hybridized carbons (Fsp3) is 0.647. The van der Waals surface area contributed by atoms with Gasteiger partial charge in [-0.2, -0.15) is 0 Å². The monoisotopic (exact) mass is 320 g/mol. The molecule has 4 aliphatic rings. The van der Waals surface area contributed by atoms with Gasteiger partial charge in [-0.05, 0) is 20.8 Å². The topological polar surface area (TPSA) is 71.1 Å². The first-order valence-corrected chi connectivity index (χ1v) is 7.72. The molecule has 0 aromatic carbocycles. The Morgan fingerprint density at radius 2 is 1.61 bits per heavy atom. The van der Waals surface area contributed by atoms with Gasteiger partial charge in [-0.25, -0.2) is 9.59 Å². The maximum Gasteiger partial charge on any atom is 0.337 e. The van der Waals surface area contributed by atoms with Crippen molar-refractivity contribution < 1.29 is 28.5 Å². The molecule has 0 aromatic heterocycles. The number of methoxy groups -OCH3 is 2. The van der Waals surface area contributed by atoms with Crippen LogP contribution in [0.4, 0.5) is 0 Å². The van der Waals surface area contributed by atoms with Gasteiger partial charge in [0.25, 0.3) is 0 Å². The normalized spacial score (nSPS) is 48.8. The molecule has 6 atom stereocenters. The molecule has 6 heteroatoms. The summed E-state index contributed by atoms with van der Waals surface area (Å²) in [7, 11) is 2.61. The van der Waals surface area contributed by atoms with Crippen molar-refractivity contribution in [1.82, 2.24) is 0 Å². The van der Waals surface area contributed by atoms with Crippen molar-refractivity contribution in [3.8, 4) is 0 Å². The fourth-order valence-corrected chi connectivity index (χ4v) is 5.40. The molecule has 0 radical (unpaired) electrons. The Labute approximate surface area is 134 Å². The summed E-state index contributed by atoms with van der Waals surface area (Å²) in [6.45, 7) is 5.69. The third-order valence-electron chi connectivity index (χ3n) is 6.01. The minimum Gasteiger partial charge on any atom is -0.466 e. The van der Waals surface area contributed by atoms with Crippen molar-refractivity contribution in [3.05, 3.63) is 23.3 Å². The number of esters is 2. The van der Waals surface area contributed by atoms with Crippen LogP contribution >= 0.6 is 0 Å². The van der Waals surface area contributed by atoms with Crippen LogP contribution in [0.3, 0.4) is 0 Å². The van der Waals surface area contributed by atoms with Gasteiger partial charge in [-0.1, -0.05) is 12.2 Å². The lowest BCUT2D eigenvalue weighted by atomic mass is 9.58. The van der Waals surface area contributed by atoms with Crippen LogP contribution < -0.4 is 0 Å². The van der Waals surface area contributed by atoms with Crippen molar-refractivity contribution in [2.45, 2.75) is 43.7 Å². The van der Waals surface area contributed by atoms with Crippen LogP contribution in [0, 0.1) is 11.8 Å². The van der Waals surface area contributed by atoms with Gasteiger partial charge in [0.15, 0.2) is 0 Å². The Hall–Kier alpha value is -1.66. The molecular weight excluding hydrogens is 300 g/mol. The second kappa shape index (κ2) is 4.05. The predicted molar refractivity (Wildman–Crippen MR) is 78.4 cm³/mol. The van der Waals surface area contributed by atoms with Gasteiger partial charge in [0.2, 0.25) is 0 Å². The minimum absolute atomic E-state index is 0.0370. The lowest BCUT2D eigenvalue weighted by molar-refractivity contribution is -0.140. The summed E-state index contributed by atoms with van der Waals surface area (Å²) >= 11 is 0. The summed E-state index contributed by atoms with van der Waals surface area (Å²) in [6, 6.07) is 0. The van der Waals surface area contributed by atoms with Crippen molar-refractivity contribution in [1.29, 1.82) is 0 Å². The van der Waals surface area contributed by atoms with E-state index in [4.69, 9.17) is 18.9 Å². The third kappa shape index (κ3) is 1.42. The molecule has 0 unspecified atom stereocenters. The van der Waals surface area contributed by atoms with E-state index in [-0.39, 0.29) is 29.1 Å². The van der Waals surface area contributed by atoms with Crippen LogP contribution in [-0.2, 0) is 28.5 Å². The highest BCUT2D eigenvalue weighted by Crippen LogP contribution is 2.69. The first kappa shape index (κ1) is 14.9. The Morgan fingerprint density at radius 3 is 2.17 bits per heavy atom. The van der Waals surface area contributed by atoms with E-state index < -0.39 is 28.7 Å². The number of fused-ring (bicyclic) bond motifs is 9. The van der Waals surface area contributed by atoms with Crippen molar-refractivity contribution in [2.75, 3.05) is 14.2 Å². The molecule has 0 saturated carbocycles. The van der Waals surface area contributed by atoms with Gasteiger partial charge in [0.1, 0.15) is 11.2 Å². The summed E-state index contributed by atoms with van der Waals surface area (Å²) in [5.74, 6) is -1.19. The zero-order valence-corrected chi connectivity index (χ0v) is 13.8. The van der Waals surface area contributed by atoms with Crippen LogP contribution in [0.25, 0.3) is 0 Å². The van der Waals surface area contributed by atoms with Gasteiger partial charge >= 0.3 is 11.9 Å². The highest BCUT2D eigenvalue weighted by atomic mass is 16.6. The predicted octanol–water partition coefficient (Wildman–Crippen LogP) is 1.15. The van der Waals surface area contributed by atoms with E-state index in [0.717, 1.165) is 0 Å². The zero-order chi connectivity index (χ0) is 16.8. The van der Waals surface area contributed by atoms with Crippen LogP contribution in [0.2, 0.25) is 0 Å². The summed E-state index contributed by atoms with van der Waals surface area (Å²) < 4.78 is 22.3. The molecule has 0 aromatic rings. The first-order valence-electron chi connectivity index (χ1n) is 7.72. The van der Waals surface area contributed by atoms with E-state index in [1.807, 2.05) is 32.9 Å². The average Bonchev–Trinajstić information content (AvgIpc) is 3.16. The Balaban J connectivity index is 1.97. The molecule has 124 valence electrons. The molecule has 4 heterocycles. The largest absolute Gasteiger partial charge is 0.466 e. The number of rotatable bonds is 2. The molecule has 23 heavy (non-hydrogen) atoms. The second-order valence-corrected chi connectivity index (χ2v) is 7.18. The summed E-state index contributed by atoms with van der Waals surface area (Å²) in [5.41, 5.74) is -1.85. The first-order chi connectivity index (χ1) is 10.7. The average molecular weight is 320 g/mol. The van der Waals surface area contributed by atoms with Gasteiger partial charge in [0.05, 0.1) is 37.1 Å². The van der Waals surface area contributed by atoms with E-state index in [0.29, 0.717) is 0 Å². The van der Waals surface area contributed by atoms with Crippen LogP contribution in [0.5, 0.6) is 0 Å². The number of hydrogen-bond donors (Lipinski definition) is 0. The van der Waals surface area contributed by atoms with Crippen LogP contribution in [-0.4, -0.2) is 49.1 Å². The number of hydrogen-bond acceptors (Lipinski definition) is 6. The number of ether oxygens (including phenoxy) is 4. The number of carbonyl (C=O) groups excluding carboxylic acids is 2. The molecule has 0 spiro atoms. The molecular formula is C17H20O6. The molecule has 0 aliphatic carbocycles. The van der Waals surface area contributed by atoms with Gasteiger partial charge in [-0.15, -0.1) is 0 Å². The lowest BCUT2D eigenvalue weighted by Gasteiger charge is -2.39. The summed E-state index contributed by atoms with van der Waals surface area (Å²) in [4.78, 5) is 24.9. The third-order valence-corrected chi connectivity index (χ3v) is 6.01.